The first kappa shape index (κ1) is 19.0. The van der Waals surface area contributed by atoms with E-state index in [1.807, 2.05) is 0 Å². The molecule has 0 aromatic heterocycles. The molecule has 1 N–H and O–H groups in total. The molecule has 2 aliphatic rings. The van der Waals surface area contributed by atoms with Crippen LogP contribution in [0.2, 0.25) is 0 Å². The third kappa shape index (κ3) is 3.71. The van der Waals surface area contributed by atoms with E-state index in [1.54, 1.807) is 6.92 Å². The van der Waals surface area contributed by atoms with Crippen molar-refractivity contribution in [2.45, 2.75) is 36.7 Å². The molecule has 1 spiro atoms. The van der Waals surface area contributed by atoms with Crippen LogP contribution < -0.4 is 0 Å². The number of carboxylic acid groups (broad SMARTS) is 1. The van der Waals surface area contributed by atoms with Crippen LogP contribution in [0.3, 0.4) is 0 Å². The molecular weight excluding hydrogens is 382 g/mol. The van der Waals surface area contributed by atoms with E-state index in [0.717, 1.165) is 6.07 Å². The van der Waals surface area contributed by atoms with Crippen LogP contribution in [0.15, 0.2) is 28.3 Å². The van der Waals surface area contributed by atoms with Crippen LogP contribution in [-0.2, 0) is 19.6 Å². The number of carbonyl (C=O) groups is 1. The lowest BCUT2D eigenvalue weighted by Crippen LogP contribution is -2.47. The second kappa shape index (κ2) is 6.78. The van der Waals surface area contributed by atoms with E-state index in [0.29, 0.717) is 5.56 Å². The summed E-state index contributed by atoms with van der Waals surface area (Å²) in [4.78, 5) is 26.1. The number of aryl methyl sites for hydroxylation is 1. The molecule has 0 radical (unpaired) electrons. The van der Waals surface area contributed by atoms with Gasteiger partial charge in [-0.2, -0.15) is 4.31 Å². The summed E-state index contributed by atoms with van der Waals surface area (Å²) in [5.74, 6) is -0.0617. The Bertz CT molecular complexity index is 919. The molecule has 12 heteroatoms. The van der Waals surface area contributed by atoms with Crippen LogP contribution in [0.5, 0.6) is 0 Å². The minimum absolute atomic E-state index is 0.0617. The molecule has 1 aromatic carbocycles. The van der Waals surface area contributed by atoms with Gasteiger partial charge in [-0.05, 0) is 12.5 Å². The standard InChI is InChI=1S/C15H17N3O8S/c1-10-2-3-11(18(21)22)8-12(10)27(23,24)17-6-4-15(5-7-17)9-13(16-26-15)25-14(19)20/h2-3,8H,4-7,9H2,1H3,(H,19,20). The Hall–Kier alpha value is -2.73. The normalized spacial score (nSPS) is 19.4. The first-order valence-corrected chi connectivity index (χ1v) is 9.48. The number of piperidine rings is 1. The number of oxime groups is 1. The van der Waals surface area contributed by atoms with Gasteiger partial charge in [0, 0.05) is 38.1 Å². The number of non-ortho nitro benzene ring substituents is 1. The molecule has 0 aliphatic carbocycles. The maximum absolute atomic E-state index is 12.9. The van der Waals surface area contributed by atoms with Crippen LogP contribution >= 0.6 is 0 Å². The summed E-state index contributed by atoms with van der Waals surface area (Å²) >= 11 is 0. The predicted molar refractivity (Wildman–Crippen MR) is 90.8 cm³/mol. The first-order chi connectivity index (χ1) is 12.6. The molecule has 0 unspecified atom stereocenters. The summed E-state index contributed by atoms with van der Waals surface area (Å²) in [6.45, 7) is 1.80. The quantitative estimate of drug-likeness (QED) is 0.460. The van der Waals surface area contributed by atoms with Crippen molar-refractivity contribution in [3.8, 4) is 0 Å². The van der Waals surface area contributed by atoms with Gasteiger partial charge in [0.1, 0.15) is 5.60 Å². The smallest absolute Gasteiger partial charge is 0.449 e. The van der Waals surface area contributed by atoms with Gasteiger partial charge in [-0.1, -0.05) is 11.2 Å². The summed E-state index contributed by atoms with van der Waals surface area (Å²) in [6, 6.07) is 3.72. The number of sulfonamides is 1. The molecule has 11 nitrogen and oxygen atoms in total. The number of hydrogen-bond acceptors (Lipinski definition) is 8. The second-order valence-corrected chi connectivity index (χ2v) is 8.32. The molecule has 146 valence electrons. The monoisotopic (exact) mass is 399 g/mol. The van der Waals surface area contributed by atoms with Crippen molar-refractivity contribution in [2.75, 3.05) is 13.1 Å². The van der Waals surface area contributed by atoms with Crippen LogP contribution in [0.25, 0.3) is 0 Å². The fourth-order valence-corrected chi connectivity index (χ4v) is 4.85. The third-order valence-corrected chi connectivity index (χ3v) is 6.69. The molecule has 0 amide bonds. The molecule has 0 saturated carbocycles. The van der Waals surface area contributed by atoms with E-state index in [4.69, 9.17) is 9.94 Å². The van der Waals surface area contributed by atoms with Crippen LogP contribution in [-0.4, -0.2) is 53.5 Å². The number of hydrogen-bond donors (Lipinski definition) is 1. The highest BCUT2D eigenvalue weighted by molar-refractivity contribution is 7.89. The lowest BCUT2D eigenvalue weighted by atomic mass is 9.89. The minimum atomic E-state index is -3.92. The Morgan fingerprint density at radius 3 is 2.67 bits per heavy atom. The number of ether oxygens (including phenoxy) is 1. The lowest BCUT2D eigenvalue weighted by Gasteiger charge is -2.36. The summed E-state index contributed by atoms with van der Waals surface area (Å²) in [7, 11) is -3.92. The highest BCUT2D eigenvalue weighted by atomic mass is 32.2. The Kier molecular flexibility index (Phi) is 4.78. The number of benzene rings is 1. The van der Waals surface area contributed by atoms with Gasteiger partial charge >= 0.3 is 6.16 Å². The molecule has 1 fully saturated rings. The fourth-order valence-electron chi connectivity index (χ4n) is 3.16. The van der Waals surface area contributed by atoms with E-state index >= 15 is 0 Å². The SMILES string of the molecule is Cc1ccc([N+](=O)[O-])cc1S(=O)(=O)N1CCC2(CC1)CC(OC(=O)O)=NO2. The molecule has 2 heterocycles. The van der Waals surface area contributed by atoms with E-state index in [-0.39, 0.29) is 48.8 Å². The van der Waals surface area contributed by atoms with Gasteiger partial charge in [0.15, 0.2) is 0 Å². The van der Waals surface area contributed by atoms with E-state index in [1.165, 1.54) is 16.4 Å². The average molecular weight is 399 g/mol. The van der Waals surface area contributed by atoms with Crippen LogP contribution in [0, 0.1) is 17.0 Å². The Morgan fingerprint density at radius 1 is 1.41 bits per heavy atom. The minimum Gasteiger partial charge on any atom is -0.449 e. The average Bonchev–Trinajstić information content (AvgIpc) is 2.96. The van der Waals surface area contributed by atoms with Gasteiger partial charge in [-0.25, -0.2) is 13.2 Å². The number of nitro benzene ring substituents is 1. The first-order valence-electron chi connectivity index (χ1n) is 8.04. The number of rotatable bonds is 3. The topological polar surface area (TPSA) is 149 Å². The van der Waals surface area contributed by atoms with Gasteiger partial charge in [-0.15, -0.1) is 0 Å². The molecule has 1 saturated heterocycles. The van der Waals surface area contributed by atoms with Crippen molar-refractivity contribution >= 4 is 27.8 Å². The van der Waals surface area contributed by atoms with Gasteiger partial charge in [0.05, 0.1) is 16.2 Å². The molecule has 27 heavy (non-hydrogen) atoms. The van der Waals surface area contributed by atoms with Gasteiger partial charge in [0.25, 0.3) is 5.69 Å². The van der Waals surface area contributed by atoms with Crippen molar-refractivity contribution in [3.05, 3.63) is 33.9 Å². The zero-order chi connectivity index (χ0) is 19.8. The Labute approximate surface area is 154 Å². The van der Waals surface area contributed by atoms with Crippen LogP contribution in [0.1, 0.15) is 24.8 Å². The van der Waals surface area contributed by atoms with Crippen molar-refractivity contribution in [1.82, 2.24) is 4.31 Å². The highest BCUT2D eigenvalue weighted by Gasteiger charge is 2.46. The lowest BCUT2D eigenvalue weighted by molar-refractivity contribution is -0.385. The van der Waals surface area contributed by atoms with Crippen molar-refractivity contribution in [3.63, 3.8) is 0 Å². The van der Waals surface area contributed by atoms with E-state index in [2.05, 4.69) is 9.89 Å². The van der Waals surface area contributed by atoms with Crippen molar-refractivity contribution in [2.24, 2.45) is 5.16 Å². The van der Waals surface area contributed by atoms with Crippen molar-refractivity contribution in [1.29, 1.82) is 0 Å². The second-order valence-electron chi connectivity index (χ2n) is 6.42. The van der Waals surface area contributed by atoms with Crippen molar-refractivity contribution < 1.29 is 32.8 Å². The molecule has 0 atom stereocenters. The van der Waals surface area contributed by atoms with E-state index < -0.39 is 26.7 Å². The van der Waals surface area contributed by atoms with Crippen LogP contribution in [0.4, 0.5) is 10.5 Å². The summed E-state index contributed by atoms with van der Waals surface area (Å²) in [5.41, 5.74) is -0.678. The summed E-state index contributed by atoms with van der Waals surface area (Å²) in [6.07, 6.45) is -0.773. The molecule has 2 aliphatic heterocycles. The zero-order valence-corrected chi connectivity index (χ0v) is 15.1. The Balaban J connectivity index is 1.74. The fraction of sp³-hybridized carbons (Fsp3) is 0.467. The zero-order valence-electron chi connectivity index (χ0n) is 14.3. The molecular formula is C15H17N3O8S. The summed E-state index contributed by atoms with van der Waals surface area (Å²) < 4.78 is 31.6. The molecule has 3 rings (SSSR count). The highest BCUT2D eigenvalue weighted by Crippen LogP contribution is 2.37. The van der Waals surface area contributed by atoms with Gasteiger partial charge in [-0.3, -0.25) is 10.1 Å². The number of nitro groups is 1. The maximum Gasteiger partial charge on any atom is 0.512 e. The van der Waals surface area contributed by atoms with E-state index in [9.17, 15) is 23.3 Å². The largest absolute Gasteiger partial charge is 0.512 e. The van der Waals surface area contributed by atoms with Gasteiger partial charge in [0.2, 0.25) is 15.9 Å². The Morgan fingerprint density at radius 2 is 2.07 bits per heavy atom. The third-order valence-electron chi connectivity index (χ3n) is 4.65. The summed E-state index contributed by atoms with van der Waals surface area (Å²) in [5, 5.41) is 23.2. The molecule has 0 bridgehead atoms. The number of nitrogens with zero attached hydrogens (tertiary/aromatic N) is 3. The van der Waals surface area contributed by atoms with Gasteiger partial charge < -0.3 is 14.7 Å². The molecule has 1 aromatic rings. The predicted octanol–water partition coefficient (Wildman–Crippen LogP) is 1.85. The maximum atomic E-state index is 12.9.